The predicted molar refractivity (Wildman–Crippen MR) is 160 cm³/mol. The molecule has 2 fully saturated rings. The molecule has 3 amide bonds. The molecule has 44 heavy (non-hydrogen) atoms. The van der Waals surface area contributed by atoms with Gasteiger partial charge in [-0.05, 0) is 91.5 Å². The van der Waals surface area contributed by atoms with Crippen LogP contribution in [-0.2, 0) is 23.1 Å². The second-order valence-electron chi connectivity index (χ2n) is 12.7. The average molecular weight is 596 g/mol. The van der Waals surface area contributed by atoms with E-state index in [-0.39, 0.29) is 36.5 Å². The predicted octanol–water partition coefficient (Wildman–Crippen LogP) is 2.70. The lowest BCUT2D eigenvalue weighted by Gasteiger charge is -2.36. The highest BCUT2D eigenvalue weighted by Crippen LogP contribution is 2.49. The van der Waals surface area contributed by atoms with Crippen LogP contribution in [0.4, 0.5) is 0 Å². The topological polar surface area (TPSA) is 181 Å². The molecule has 4 atom stereocenters. The Kier molecular flexibility index (Phi) is 7.49. The van der Waals surface area contributed by atoms with Crippen LogP contribution in [0.5, 0.6) is 0 Å². The molecule has 3 aliphatic rings. The maximum Gasteiger partial charge on any atom is 0.248 e. The van der Waals surface area contributed by atoms with E-state index in [4.69, 9.17) is 15.9 Å². The number of aromatic nitrogens is 2. The van der Waals surface area contributed by atoms with Crippen molar-refractivity contribution in [3.63, 3.8) is 0 Å². The van der Waals surface area contributed by atoms with Crippen LogP contribution in [0.3, 0.4) is 0 Å². The Morgan fingerprint density at radius 2 is 1.64 bits per heavy atom. The molecule has 6 rings (SSSR count). The zero-order valence-electron chi connectivity index (χ0n) is 25.2. The minimum Gasteiger partial charge on any atom is -0.424 e. The van der Waals surface area contributed by atoms with Crippen molar-refractivity contribution in [1.82, 2.24) is 20.4 Å². The highest BCUT2D eigenvalue weighted by atomic mass is 16.4. The second-order valence-corrected chi connectivity index (χ2v) is 12.7. The maximum atomic E-state index is 13.3. The van der Waals surface area contributed by atoms with Gasteiger partial charge in [0.15, 0.2) is 0 Å². The minimum atomic E-state index is -0.993. The Bertz CT molecular complexity index is 1620. The van der Waals surface area contributed by atoms with Gasteiger partial charge in [-0.25, -0.2) is 0 Å². The lowest BCUT2D eigenvalue weighted by molar-refractivity contribution is -0.131. The molecule has 2 aromatic carbocycles. The van der Waals surface area contributed by atoms with Crippen LogP contribution in [0.2, 0.25) is 0 Å². The van der Waals surface area contributed by atoms with Gasteiger partial charge in [0.25, 0.3) is 0 Å². The summed E-state index contributed by atoms with van der Waals surface area (Å²) in [6, 6.07) is 12.7. The number of benzene rings is 2. The molecule has 0 unspecified atom stereocenters. The highest BCUT2D eigenvalue weighted by molar-refractivity contribution is 5.94. The van der Waals surface area contributed by atoms with Crippen LogP contribution in [0, 0.1) is 17.2 Å². The Balaban J connectivity index is 1.45. The first kappa shape index (κ1) is 29.5. The van der Waals surface area contributed by atoms with Crippen LogP contribution < -0.4 is 16.8 Å². The molecule has 1 aliphatic heterocycles. The van der Waals surface area contributed by atoms with Crippen molar-refractivity contribution in [1.29, 1.82) is 5.26 Å². The molecule has 11 nitrogen and oxygen atoms in total. The summed E-state index contributed by atoms with van der Waals surface area (Å²) in [4.78, 5) is 39.4. The minimum absolute atomic E-state index is 0.0135. The Morgan fingerprint density at radius 1 is 1.02 bits per heavy atom. The SMILES string of the molecule is CC(C)c1nnc(C2(C[C@@H](C)NCC(=O)N3[C@H](C#N)C[C@@H]4C[C@@H]43)c3ccc(C(N)=O)cc3CCc3cc(C(N)=O)ccc32)o1. The van der Waals surface area contributed by atoms with Crippen LogP contribution in [0.25, 0.3) is 0 Å². The molecule has 1 aromatic heterocycles. The molecule has 0 spiro atoms. The van der Waals surface area contributed by atoms with Gasteiger partial charge in [-0.3, -0.25) is 14.4 Å². The van der Waals surface area contributed by atoms with Crippen molar-refractivity contribution in [2.75, 3.05) is 6.54 Å². The number of carbonyl (C=O) groups excluding carboxylic acids is 3. The number of nitriles is 1. The molecule has 2 aliphatic carbocycles. The summed E-state index contributed by atoms with van der Waals surface area (Å²) in [5.74, 6) is 0.156. The van der Waals surface area contributed by atoms with Crippen LogP contribution in [0.15, 0.2) is 40.8 Å². The summed E-state index contributed by atoms with van der Waals surface area (Å²) in [6.07, 6.45) is 3.28. The van der Waals surface area contributed by atoms with Crippen molar-refractivity contribution in [3.8, 4) is 6.07 Å². The number of aryl methyl sites for hydroxylation is 2. The lowest BCUT2D eigenvalue weighted by Crippen LogP contribution is -2.46. The van der Waals surface area contributed by atoms with E-state index in [2.05, 4.69) is 21.6 Å². The van der Waals surface area contributed by atoms with E-state index in [0.29, 0.717) is 48.1 Å². The number of amides is 3. The van der Waals surface area contributed by atoms with Crippen molar-refractivity contribution in [3.05, 3.63) is 81.6 Å². The molecule has 1 saturated heterocycles. The molecule has 11 heteroatoms. The monoisotopic (exact) mass is 595 g/mol. The van der Waals surface area contributed by atoms with Crippen LogP contribution >= 0.6 is 0 Å². The van der Waals surface area contributed by atoms with E-state index in [9.17, 15) is 19.6 Å². The molecule has 2 heterocycles. The molecule has 0 radical (unpaired) electrons. The van der Waals surface area contributed by atoms with Gasteiger partial charge >= 0.3 is 0 Å². The van der Waals surface area contributed by atoms with Crippen molar-refractivity contribution < 1.29 is 18.8 Å². The highest BCUT2D eigenvalue weighted by Gasteiger charge is 2.54. The number of rotatable bonds is 9. The molecule has 5 N–H and O–H groups in total. The van der Waals surface area contributed by atoms with E-state index >= 15 is 0 Å². The van der Waals surface area contributed by atoms with Crippen molar-refractivity contribution in [2.45, 2.75) is 82.3 Å². The van der Waals surface area contributed by atoms with Gasteiger partial charge in [0.1, 0.15) is 11.5 Å². The number of hydrogen-bond donors (Lipinski definition) is 3. The third-order valence-electron chi connectivity index (χ3n) is 9.42. The van der Waals surface area contributed by atoms with Gasteiger partial charge in [-0.2, -0.15) is 5.26 Å². The van der Waals surface area contributed by atoms with E-state index < -0.39 is 17.2 Å². The first-order chi connectivity index (χ1) is 21.0. The molecular formula is C33H37N7O4. The van der Waals surface area contributed by atoms with Crippen LogP contribution in [-0.4, -0.2) is 57.5 Å². The number of nitrogens with one attached hydrogen (secondary N) is 1. The number of piperidine rings is 1. The first-order valence-corrected chi connectivity index (χ1v) is 15.2. The Morgan fingerprint density at radius 3 is 2.16 bits per heavy atom. The number of likely N-dealkylation sites (tertiary alicyclic amines) is 1. The first-order valence-electron chi connectivity index (χ1n) is 15.2. The summed E-state index contributed by atoms with van der Waals surface area (Å²) in [6.45, 7) is 6.04. The molecule has 3 aromatic rings. The number of nitrogens with zero attached hydrogens (tertiary/aromatic N) is 4. The van der Waals surface area contributed by atoms with E-state index in [1.807, 2.05) is 45.0 Å². The number of hydrogen-bond acceptors (Lipinski definition) is 8. The maximum absolute atomic E-state index is 13.3. The van der Waals surface area contributed by atoms with Gasteiger partial charge in [0, 0.05) is 29.1 Å². The summed E-state index contributed by atoms with van der Waals surface area (Å²) < 4.78 is 6.42. The molecular weight excluding hydrogens is 558 g/mol. The number of primary amides is 2. The zero-order chi connectivity index (χ0) is 31.3. The fourth-order valence-electron chi connectivity index (χ4n) is 7.15. The third-order valence-corrected chi connectivity index (χ3v) is 9.42. The fraction of sp³-hybridized carbons (Fsp3) is 0.455. The van der Waals surface area contributed by atoms with Gasteiger partial charge in [0.05, 0.1) is 12.6 Å². The fourth-order valence-corrected chi connectivity index (χ4v) is 7.15. The van der Waals surface area contributed by atoms with Gasteiger partial charge in [0.2, 0.25) is 29.5 Å². The number of nitrogens with two attached hydrogens (primary N) is 2. The normalized spacial score (nSPS) is 21.9. The molecule has 228 valence electrons. The second kappa shape index (κ2) is 11.2. The number of fused-ring (bicyclic) bond motifs is 3. The van der Waals surface area contributed by atoms with E-state index in [1.54, 1.807) is 17.0 Å². The average Bonchev–Trinajstić information content (AvgIpc) is 3.42. The van der Waals surface area contributed by atoms with Crippen molar-refractivity contribution in [2.24, 2.45) is 17.4 Å². The lowest BCUT2D eigenvalue weighted by atomic mass is 9.68. The smallest absolute Gasteiger partial charge is 0.248 e. The van der Waals surface area contributed by atoms with Gasteiger partial charge in [-0.1, -0.05) is 26.0 Å². The van der Waals surface area contributed by atoms with Gasteiger partial charge in [-0.15, -0.1) is 10.2 Å². The van der Waals surface area contributed by atoms with Crippen molar-refractivity contribution >= 4 is 17.7 Å². The Hall–Kier alpha value is -4.56. The zero-order valence-corrected chi connectivity index (χ0v) is 25.2. The Labute approximate surface area is 256 Å². The summed E-state index contributed by atoms with van der Waals surface area (Å²) >= 11 is 0. The quantitative estimate of drug-likeness (QED) is 0.337. The van der Waals surface area contributed by atoms with Gasteiger partial charge < -0.3 is 26.1 Å². The summed E-state index contributed by atoms with van der Waals surface area (Å²) in [5, 5.41) is 22.0. The summed E-state index contributed by atoms with van der Waals surface area (Å²) in [5.41, 5.74) is 14.7. The molecule has 1 saturated carbocycles. The number of carbonyl (C=O) groups is 3. The van der Waals surface area contributed by atoms with E-state index in [1.165, 1.54) is 0 Å². The van der Waals surface area contributed by atoms with Crippen LogP contribution in [0.1, 0.15) is 101 Å². The largest absolute Gasteiger partial charge is 0.424 e. The molecule has 0 bridgehead atoms. The summed E-state index contributed by atoms with van der Waals surface area (Å²) in [7, 11) is 0. The van der Waals surface area contributed by atoms with E-state index in [0.717, 1.165) is 35.1 Å². The third kappa shape index (κ3) is 5.03. The standard InChI is InChI=1S/C33H37N7O4/c1-17(2)31-38-39-32(44-31)33(14-18(3)37-16-28(41)40-24(15-34)12-23-13-27(23)40)25-8-6-21(29(35)42)10-19(25)4-5-20-11-22(30(36)43)7-9-26(20)33/h6-11,17-18,23-24,27,37H,4-5,12-14,16H2,1-3H3,(H2,35,42)(H2,36,43)/t18-,23-,24+,27+/m1/s1.